The molecule has 0 aliphatic carbocycles. The van der Waals surface area contributed by atoms with Crippen molar-refractivity contribution in [2.24, 2.45) is 0 Å². The molecule has 0 aliphatic rings. The summed E-state index contributed by atoms with van der Waals surface area (Å²) in [6.45, 7) is 0.506. The predicted octanol–water partition coefficient (Wildman–Crippen LogP) is 1.36. The number of sulfonamides is 1. The fraction of sp³-hybridized carbons (Fsp3) is 0.222. The molecule has 7 nitrogen and oxygen atoms in total. The highest BCUT2D eigenvalue weighted by Crippen LogP contribution is 2.07. The molecule has 0 bridgehead atoms. The zero-order valence-electron chi connectivity index (χ0n) is 14.1. The Balaban J connectivity index is 1.40. The maximum atomic E-state index is 12.0. The van der Waals surface area contributed by atoms with Crippen molar-refractivity contribution in [3.63, 3.8) is 0 Å². The second-order valence-electron chi connectivity index (χ2n) is 5.76. The Bertz CT molecular complexity index is 951. The normalized spacial score (nSPS) is 11.5. The lowest BCUT2D eigenvalue weighted by molar-refractivity contribution is -0.120. The molecule has 3 aromatic rings. The van der Waals surface area contributed by atoms with Gasteiger partial charge in [0.05, 0.1) is 10.6 Å². The second-order valence-corrected chi connectivity index (χ2v) is 7.53. The summed E-state index contributed by atoms with van der Waals surface area (Å²) in [6, 6.07) is 13.8. The van der Waals surface area contributed by atoms with Gasteiger partial charge in [-0.15, -0.1) is 0 Å². The molecular formula is C18H20N4O3S. The first-order valence-corrected chi connectivity index (χ1v) is 9.77. The van der Waals surface area contributed by atoms with Gasteiger partial charge in [-0.25, -0.2) is 18.1 Å². The Hall–Kier alpha value is -2.71. The van der Waals surface area contributed by atoms with Gasteiger partial charge in [-0.05, 0) is 24.3 Å². The van der Waals surface area contributed by atoms with Gasteiger partial charge in [0.15, 0.2) is 0 Å². The number of nitrogens with zero attached hydrogens (tertiary/aromatic N) is 2. The third-order valence-electron chi connectivity index (χ3n) is 3.81. The third kappa shape index (κ3) is 4.68. The molecule has 0 unspecified atom stereocenters. The number of hydrogen-bond donors (Lipinski definition) is 2. The number of hydrogen-bond acceptors (Lipinski definition) is 4. The standard InChI is InChI=1S/C18H20N4O3S/c23-18(10-12-20-26(24,25)16-6-2-1-3-7-16)19-11-9-15-14-22-13-5-4-8-17(22)21-15/h1-8,13-14,20H,9-12H2,(H,19,23). The Morgan fingerprint density at radius 1 is 1.04 bits per heavy atom. The molecule has 1 aromatic carbocycles. The van der Waals surface area contributed by atoms with Crippen molar-refractivity contribution >= 4 is 21.6 Å². The summed E-state index contributed by atoms with van der Waals surface area (Å²) in [4.78, 5) is 16.5. The number of nitrogens with one attached hydrogen (secondary N) is 2. The SMILES string of the molecule is O=C(CCNS(=O)(=O)c1ccccc1)NCCc1cn2ccccc2n1. The molecule has 0 radical (unpaired) electrons. The van der Waals surface area contributed by atoms with Crippen molar-refractivity contribution in [3.8, 4) is 0 Å². The van der Waals surface area contributed by atoms with E-state index in [1.807, 2.05) is 35.0 Å². The van der Waals surface area contributed by atoms with Crippen LogP contribution < -0.4 is 10.0 Å². The van der Waals surface area contributed by atoms with Crippen LogP contribution in [-0.2, 0) is 21.2 Å². The van der Waals surface area contributed by atoms with Gasteiger partial charge in [0.2, 0.25) is 15.9 Å². The quantitative estimate of drug-likeness (QED) is 0.624. The highest BCUT2D eigenvalue weighted by Gasteiger charge is 2.13. The first kappa shape index (κ1) is 18.1. The van der Waals surface area contributed by atoms with E-state index >= 15 is 0 Å². The van der Waals surface area contributed by atoms with Crippen LogP contribution in [0.25, 0.3) is 5.65 Å². The minimum Gasteiger partial charge on any atom is -0.356 e. The molecule has 3 rings (SSSR count). The van der Waals surface area contributed by atoms with Crippen molar-refractivity contribution in [1.82, 2.24) is 19.4 Å². The van der Waals surface area contributed by atoms with E-state index in [0.717, 1.165) is 11.3 Å². The number of carbonyl (C=O) groups is 1. The van der Waals surface area contributed by atoms with Crippen molar-refractivity contribution in [2.45, 2.75) is 17.7 Å². The maximum absolute atomic E-state index is 12.0. The van der Waals surface area contributed by atoms with E-state index in [4.69, 9.17) is 0 Å². The van der Waals surface area contributed by atoms with Crippen molar-refractivity contribution in [1.29, 1.82) is 0 Å². The average Bonchev–Trinajstić information content (AvgIpc) is 3.05. The summed E-state index contributed by atoms with van der Waals surface area (Å²) < 4.78 is 28.4. The maximum Gasteiger partial charge on any atom is 0.240 e. The van der Waals surface area contributed by atoms with Crippen LogP contribution in [0.15, 0.2) is 65.8 Å². The minimum atomic E-state index is -3.58. The van der Waals surface area contributed by atoms with Crippen LogP contribution in [0.1, 0.15) is 12.1 Å². The van der Waals surface area contributed by atoms with Crippen LogP contribution in [0.3, 0.4) is 0 Å². The summed E-state index contributed by atoms with van der Waals surface area (Å²) in [5, 5.41) is 2.78. The van der Waals surface area contributed by atoms with Crippen molar-refractivity contribution in [3.05, 3.63) is 66.6 Å². The van der Waals surface area contributed by atoms with Crippen LogP contribution in [0.5, 0.6) is 0 Å². The second kappa shape index (κ2) is 8.11. The van der Waals surface area contributed by atoms with E-state index in [1.165, 1.54) is 12.1 Å². The van der Waals surface area contributed by atoms with Gasteiger partial charge in [-0.3, -0.25) is 4.79 Å². The largest absolute Gasteiger partial charge is 0.356 e. The monoisotopic (exact) mass is 372 g/mol. The number of fused-ring (bicyclic) bond motifs is 1. The molecule has 2 aromatic heterocycles. The van der Waals surface area contributed by atoms with Gasteiger partial charge >= 0.3 is 0 Å². The predicted molar refractivity (Wildman–Crippen MR) is 98.2 cm³/mol. The summed E-state index contributed by atoms with van der Waals surface area (Å²) in [5.41, 5.74) is 1.76. The number of aromatic nitrogens is 2. The van der Waals surface area contributed by atoms with Gasteiger partial charge in [0.1, 0.15) is 5.65 Å². The van der Waals surface area contributed by atoms with Gasteiger partial charge in [0, 0.05) is 38.3 Å². The van der Waals surface area contributed by atoms with Crippen LogP contribution in [0.2, 0.25) is 0 Å². The minimum absolute atomic E-state index is 0.0530. The molecule has 0 saturated carbocycles. The number of rotatable bonds is 8. The Kier molecular flexibility index (Phi) is 5.65. The van der Waals surface area contributed by atoms with E-state index < -0.39 is 10.0 Å². The van der Waals surface area contributed by atoms with Gasteiger partial charge in [0.25, 0.3) is 0 Å². The molecule has 2 N–H and O–H groups in total. The van der Waals surface area contributed by atoms with E-state index in [-0.39, 0.29) is 23.8 Å². The van der Waals surface area contributed by atoms with Gasteiger partial charge < -0.3 is 9.72 Å². The van der Waals surface area contributed by atoms with Gasteiger partial charge in [-0.2, -0.15) is 0 Å². The number of benzene rings is 1. The number of imidazole rings is 1. The van der Waals surface area contributed by atoms with E-state index in [9.17, 15) is 13.2 Å². The molecule has 0 aliphatic heterocycles. The first-order chi connectivity index (χ1) is 12.5. The first-order valence-electron chi connectivity index (χ1n) is 8.29. The van der Waals surface area contributed by atoms with Crippen molar-refractivity contribution in [2.75, 3.05) is 13.1 Å². The smallest absolute Gasteiger partial charge is 0.240 e. The molecule has 0 fully saturated rings. The highest BCUT2D eigenvalue weighted by molar-refractivity contribution is 7.89. The fourth-order valence-corrected chi connectivity index (χ4v) is 3.56. The lowest BCUT2D eigenvalue weighted by Gasteiger charge is -2.07. The summed E-state index contributed by atoms with van der Waals surface area (Å²) in [5.74, 6) is -0.204. The summed E-state index contributed by atoms with van der Waals surface area (Å²) in [7, 11) is -3.58. The van der Waals surface area contributed by atoms with Crippen molar-refractivity contribution < 1.29 is 13.2 Å². The van der Waals surface area contributed by atoms with Crippen LogP contribution in [0, 0.1) is 0 Å². The van der Waals surface area contributed by atoms with Crippen LogP contribution >= 0.6 is 0 Å². The lowest BCUT2D eigenvalue weighted by atomic mass is 10.3. The fourth-order valence-electron chi connectivity index (χ4n) is 2.51. The topological polar surface area (TPSA) is 92.6 Å². The average molecular weight is 372 g/mol. The summed E-state index contributed by atoms with van der Waals surface area (Å²) >= 11 is 0. The number of pyridine rings is 1. The highest BCUT2D eigenvalue weighted by atomic mass is 32.2. The van der Waals surface area contributed by atoms with Crippen LogP contribution in [0.4, 0.5) is 0 Å². The molecule has 1 amide bonds. The molecule has 8 heteroatoms. The third-order valence-corrected chi connectivity index (χ3v) is 5.29. The molecule has 0 saturated heterocycles. The molecular weight excluding hydrogens is 352 g/mol. The van der Waals surface area contributed by atoms with E-state index in [2.05, 4.69) is 15.0 Å². The molecule has 0 atom stereocenters. The zero-order chi connectivity index (χ0) is 18.4. The van der Waals surface area contributed by atoms with Gasteiger partial charge in [-0.1, -0.05) is 24.3 Å². The van der Waals surface area contributed by atoms with Crippen LogP contribution in [-0.4, -0.2) is 36.8 Å². The Morgan fingerprint density at radius 3 is 2.58 bits per heavy atom. The zero-order valence-corrected chi connectivity index (χ0v) is 14.9. The molecule has 136 valence electrons. The molecule has 2 heterocycles. The van der Waals surface area contributed by atoms with E-state index in [0.29, 0.717) is 13.0 Å². The number of amides is 1. The van der Waals surface area contributed by atoms with E-state index in [1.54, 1.807) is 18.2 Å². The Morgan fingerprint density at radius 2 is 1.81 bits per heavy atom. The number of carbonyl (C=O) groups excluding carboxylic acids is 1. The summed E-state index contributed by atoms with van der Waals surface area (Å²) in [6.07, 6.45) is 4.54. The lowest BCUT2D eigenvalue weighted by Crippen LogP contribution is -2.31. The molecule has 26 heavy (non-hydrogen) atoms. The Labute approximate surface area is 152 Å². The molecule has 0 spiro atoms.